The van der Waals surface area contributed by atoms with E-state index in [1.54, 1.807) is 15.8 Å². The highest BCUT2D eigenvalue weighted by Crippen LogP contribution is 2.20. The lowest BCUT2D eigenvalue weighted by Gasteiger charge is -2.26. The van der Waals surface area contributed by atoms with Crippen LogP contribution in [0, 0.1) is 5.92 Å². The first kappa shape index (κ1) is 22.8. The molecule has 3 rings (SSSR count). The zero-order chi connectivity index (χ0) is 22.4. The van der Waals surface area contributed by atoms with E-state index in [2.05, 4.69) is 22.5 Å². The van der Waals surface area contributed by atoms with Gasteiger partial charge in [-0.15, -0.1) is 0 Å². The van der Waals surface area contributed by atoms with Crippen LogP contribution in [0.3, 0.4) is 0 Å². The lowest BCUT2D eigenvalue weighted by atomic mass is 10.0. The monoisotopic (exact) mass is 426 g/mol. The van der Waals surface area contributed by atoms with Crippen LogP contribution in [0.5, 0.6) is 0 Å². The highest BCUT2D eigenvalue weighted by Gasteiger charge is 2.26. The Labute approximate surface area is 184 Å². The van der Waals surface area contributed by atoms with Gasteiger partial charge in [0.05, 0.1) is 17.5 Å². The summed E-state index contributed by atoms with van der Waals surface area (Å²) in [6, 6.07) is 10.1. The number of carbonyl (C=O) groups excluding carboxylic acids is 2. The summed E-state index contributed by atoms with van der Waals surface area (Å²) in [5.41, 5.74) is 2.18. The first-order chi connectivity index (χ1) is 14.7. The molecular weight excluding hydrogens is 392 g/mol. The first-order valence-corrected chi connectivity index (χ1v) is 11.0. The molecule has 0 radical (unpaired) electrons. The molecule has 1 aliphatic rings. The Kier molecular flexibility index (Phi) is 7.36. The molecule has 2 amide bonds. The minimum Gasteiger partial charge on any atom is -0.444 e. The molecule has 168 valence electrons. The van der Waals surface area contributed by atoms with Crippen molar-refractivity contribution in [1.82, 2.24) is 20.0 Å². The number of hydrogen-bond donors (Lipinski definition) is 1. The van der Waals surface area contributed by atoms with Gasteiger partial charge in [-0.05, 0) is 51.5 Å². The van der Waals surface area contributed by atoms with E-state index < -0.39 is 5.60 Å². The summed E-state index contributed by atoms with van der Waals surface area (Å²) in [4.78, 5) is 27.0. The SMILES string of the molecule is Cn1ncc(C(=O)NCC2CCCN(C(=O)OC(C)(C)C)CC2)c1Cc1ccccc1. The Balaban J connectivity index is 1.54. The quantitative estimate of drug-likeness (QED) is 0.789. The van der Waals surface area contributed by atoms with Crippen molar-refractivity contribution in [1.29, 1.82) is 0 Å². The second-order valence-corrected chi connectivity index (χ2v) is 9.27. The summed E-state index contributed by atoms with van der Waals surface area (Å²) in [7, 11) is 1.87. The summed E-state index contributed by atoms with van der Waals surface area (Å²) in [6.07, 6.45) is 4.79. The van der Waals surface area contributed by atoms with Crippen LogP contribution in [-0.2, 0) is 18.2 Å². The standard InChI is InChI=1S/C24H34N4O3/c1-24(2,3)31-23(30)28-13-8-11-19(12-14-28)16-25-22(29)20-17-26-27(4)21(20)15-18-9-6-5-7-10-18/h5-7,9-10,17,19H,8,11-16H2,1-4H3,(H,25,29). The lowest BCUT2D eigenvalue weighted by Crippen LogP contribution is -2.37. The van der Waals surface area contributed by atoms with Crippen molar-refractivity contribution in [2.45, 2.75) is 52.1 Å². The van der Waals surface area contributed by atoms with Crippen LogP contribution in [0.1, 0.15) is 61.6 Å². The number of nitrogens with zero attached hydrogens (tertiary/aromatic N) is 3. The van der Waals surface area contributed by atoms with E-state index in [1.807, 2.05) is 46.0 Å². The van der Waals surface area contributed by atoms with Crippen molar-refractivity contribution in [2.24, 2.45) is 13.0 Å². The Morgan fingerprint density at radius 1 is 1.16 bits per heavy atom. The molecule has 0 aliphatic carbocycles. The van der Waals surface area contributed by atoms with Crippen LogP contribution in [0.25, 0.3) is 0 Å². The normalized spacial score (nSPS) is 17.2. The summed E-state index contributed by atoms with van der Waals surface area (Å²) in [6.45, 7) is 7.59. The maximum atomic E-state index is 12.9. The van der Waals surface area contributed by atoms with E-state index >= 15 is 0 Å². The molecule has 1 N–H and O–H groups in total. The molecule has 7 heteroatoms. The molecule has 31 heavy (non-hydrogen) atoms. The number of ether oxygens (including phenoxy) is 1. The third-order valence-electron chi connectivity index (χ3n) is 5.57. The molecule has 1 fully saturated rings. The number of carbonyl (C=O) groups is 2. The number of aromatic nitrogens is 2. The van der Waals surface area contributed by atoms with Gasteiger partial charge in [0.1, 0.15) is 5.60 Å². The molecule has 0 spiro atoms. The summed E-state index contributed by atoms with van der Waals surface area (Å²) in [5.74, 6) is 0.248. The largest absolute Gasteiger partial charge is 0.444 e. The molecule has 0 saturated carbocycles. The van der Waals surface area contributed by atoms with Gasteiger partial charge in [-0.3, -0.25) is 9.48 Å². The van der Waals surface area contributed by atoms with Gasteiger partial charge in [0.2, 0.25) is 0 Å². The number of benzene rings is 1. The Hall–Kier alpha value is -2.83. The third-order valence-corrected chi connectivity index (χ3v) is 5.57. The van der Waals surface area contributed by atoms with Crippen LogP contribution in [0.4, 0.5) is 4.79 Å². The fourth-order valence-electron chi connectivity index (χ4n) is 3.86. The molecule has 1 unspecified atom stereocenters. The van der Waals surface area contributed by atoms with E-state index in [1.165, 1.54) is 0 Å². The Morgan fingerprint density at radius 2 is 1.90 bits per heavy atom. The molecule has 2 aromatic rings. The number of likely N-dealkylation sites (tertiary alicyclic amines) is 1. The van der Waals surface area contributed by atoms with E-state index in [0.717, 1.165) is 30.5 Å². The second-order valence-electron chi connectivity index (χ2n) is 9.27. The van der Waals surface area contributed by atoms with Crippen molar-refractivity contribution < 1.29 is 14.3 Å². The number of rotatable bonds is 5. The van der Waals surface area contributed by atoms with Crippen molar-refractivity contribution >= 4 is 12.0 Å². The topological polar surface area (TPSA) is 76.5 Å². The first-order valence-electron chi connectivity index (χ1n) is 11.0. The van der Waals surface area contributed by atoms with E-state index in [0.29, 0.717) is 37.5 Å². The molecule has 1 aliphatic heterocycles. The number of nitrogens with one attached hydrogen (secondary N) is 1. The molecule has 1 aromatic heterocycles. The fraction of sp³-hybridized carbons (Fsp3) is 0.542. The number of amides is 2. The maximum absolute atomic E-state index is 12.9. The predicted molar refractivity (Wildman–Crippen MR) is 120 cm³/mol. The van der Waals surface area contributed by atoms with Gasteiger partial charge in [-0.2, -0.15) is 5.10 Å². The summed E-state index contributed by atoms with van der Waals surface area (Å²) >= 11 is 0. The van der Waals surface area contributed by atoms with Crippen LogP contribution >= 0.6 is 0 Å². The molecule has 1 aromatic carbocycles. The van der Waals surface area contributed by atoms with Crippen molar-refractivity contribution in [3.05, 3.63) is 53.3 Å². The molecule has 0 bridgehead atoms. The van der Waals surface area contributed by atoms with Crippen LogP contribution in [0.15, 0.2) is 36.5 Å². The van der Waals surface area contributed by atoms with Crippen LogP contribution in [0.2, 0.25) is 0 Å². The zero-order valence-corrected chi connectivity index (χ0v) is 19.1. The van der Waals surface area contributed by atoms with Gasteiger partial charge >= 0.3 is 6.09 Å². The Bertz CT molecular complexity index is 886. The van der Waals surface area contributed by atoms with Crippen molar-refractivity contribution in [3.63, 3.8) is 0 Å². The third kappa shape index (κ3) is 6.57. The maximum Gasteiger partial charge on any atom is 0.410 e. The van der Waals surface area contributed by atoms with Gasteiger partial charge in [-0.25, -0.2) is 4.79 Å². The molecule has 2 heterocycles. The van der Waals surface area contributed by atoms with E-state index in [9.17, 15) is 9.59 Å². The predicted octanol–water partition coefficient (Wildman–Crippen LogP) is 3.78. The molecular formula is C24H34N4O3. The van der Waals surface area contributed by atoms with Gasteiger partial charge in [0.25, 0.3) is 5.91 Å². The van der Waals surface area contributed by atoms with Crippen LogP contribution < -0.4 is 5.32 Å². The fourth-order valence-corrected chi connectivity index (χ4v) is 3.86. The zero-order valence-electron chi connectivity index (χ0n) is 19.1. The van der Waals surface area contributed by atoms with E-state index in [4.69, 9.17) is 4.74 Å². The van der Waals surface area contributed by atoms with E-state index in [-0.39, 0.29) is 12.0 Å². The van der Waals surface area contributed by atoms with Gasteiger partial charge in [0, 0.05) is 33.1 Å². The summed E-state index contributed by atoms with van der Waals surface area (Å²) in [5, 5.41) is 7.39. The van der Waals surface area contributed by atoms with Gasteiger partial charge < -0.3 is 15.0 Å². The summed E-state index contributed by atoms with van der Waals surface area (Å²) < 4.78 is 7.27. The smallest absolute Gasteiger partial charge is 0.410 e. The van der Waals surface area contributed by atoms with Crippen molar-refractivity contribution in [2.75, 3.05) is 19.6 Å². The van der Waals surface area contributed by atoms with Crippen LogP contribution in [-0.4, -0.2) is 51.9 Å². The second kappa shape index (κ2) is 9.98. The average molecular weight is 427 g/mol. The Morgan fingerprint density at radius 3 is 2.61 bits per heavy atom. The minimum atomic E-state index is -0.488. The van der Waals surface area contributed by atoms with Crippen molar-refractivity contribution in [3.8, 4) is 0 Å². The molecule has 1 atom stereocenters. The minimum absolute atomic E-state index is 0.0905. The van der Waals surface area contributed by atoms with Gasteiger partial charge in [0.15, 0.2) is 0 Å². The molecule has 1 saturated heterocycles. The average Bonchev–Trinajstić information content (AvgIpc) is 2.92. The lowest BCUT2D eigenvalue weighted by molar-refractivity contribution is 0.0255. The molecule has 7 nitrogen and oxygen atoms in total. The number of aryl methyl sites for hydroxylation is 1. The van der Waals surface area contributed by atoms with Gasteiger partial charge in [-0.1, -0.05) is 30.3 Å². The highest BCUT2D eigenvalue weighted by molar-refractivity contribution is 5.95. The number of hydrogen-bond acceptors (Lipinski definition) is 4. The highest BCUT2D eigenvalue weighted by atomic mass is 16.6.